The molecule has 1 amide bonds. The number of carboxylic acids is 1. The highest BCUT2D eigenvalue weighted by Gasteiger charge is 2.48. The molecule has 1 aliphatic carbocycles. The number of carbonyl (C=O) groups excluding carboxylic acids is 1. The van der Waals surface area contributed by atoms with Crippen molar-refractivity contribution in [3.63, 3.8) is 0 Å². The van der Waals surface area contributed by atoms with Crippen molar-refractivity contribution in [3.8, 4) is 0 Å². The van der Waals surface area contributed by atoms with Gasteiger partial charge in [0.2, 0.25) is 5.91 Å². The molecule has 1 heterocycles. The number of thioether (sulfide) groups is 1. The van der Waals surface area contributed by atoms with Crippen molar-refractivity contribution < 1.29 is 14.7 Å². The van der Waals surface area contributed by atoms with Crippen LogP contribution in [0, 0.1) is 5.92 Å². The largest absolute Gasteiger partial charge is 0.480 e. The summed E-state index contributed by atoms with van der Waals surface area (Å²) in [4.78, 5) is 24.3. The van der Waals surface area contributed by atoms with Crippen molar-refractivity contribution in [1.29, 1.82) is 0 Å². The number of hydrogen-bond acceptors (Lipinski definition) is 4. The lowest BCUT2D eigenvalue weighted by atomic mass is 9.96. The van der Waals surface area contributed by atoms with E-state index >= 15 is 0 Å². The maximum absolute atomic E-state index is 11.8. The minimum atomic E-state index is -1.10. The second kappa shape index (κ2) is 5.96. The Morgan fingerprint density at radius 1 is 1.58 bits per heavy atom. The molecule has 6 heteroatoms. The zero-order valence-corrected chi connectivity index (χ0v) is 12.4. The van der Waals surface area contributed by atoms with Crippen LogP contribution in [0.1, 0.15) is 24.6 Å². The predicted molar refractivity (Wildman–Crippen MR) is 77.4 cm³/mol. The molecule has 1 aromatic rings. The van der Waals surface area contributed by atoms with Gasteiger partial charge in [0.25, 0.3) is 0 Å². The van der Waals surface area contributed by atoms with E-state index < -0.39 is 11.5 Å². The van der Waals surface area contributed by atoms with Gasteiger partial charge in [-0.2, -0.15) is 0 Å². The Bertz CT molecular complexity index is 456. The molecule has 2 N–H and O–H groups in total. The zero-order valence-electron chi connectivity index (χ0n) is 10.7. The van der Waals surface area contributed by atoms with Crippen molar-refractivity contribution in [2.24, 2.45) is 5.92 Å². The van der Waals surface area contributed by atoms with Gasteiger partial charge in [-0.25, -0.2) is 4.79 Å². The highest BCUT2D eigenvalue weighted by Crippen LogP contribution is 2.39. The molecular weight excluding hydrogens is 282 g/mol. The van der Waals surface area contributed by atoms with Crippen LogP contribution in [0.2, 0.25) is 0 Å². The van der Waals surface area contributed by atoms with Gasteiger partial charge in [0, 0.05) is 10.6 Å². The van der Waals surface area contributed by atoms with E-state index in [-0.39, 0.29) is 11.8 Å². The van der Waals surface area contributed by atoms with Crippen LogP contribution < -0.4 is 5.32 Å². The Morgan fingerprint density at radius 2 is 2.32 bits per heavy atom. The number of rotatable bonds is 7. The second-order valence-corrected chi connectivity index (χ2v) is 6.92. The summed E-state index contributed by atoms with van der Waals surface area (Å²) in [6.45, 7) is 1.61. The van der Waals surface area contributed by atoms with Gasteiger partial charge < -0.3 is 10.4 Å². The van der Waals surface area contributed by atoms with E-state index in [1.165, 1.54) is 16.6 Å². The van der Waals surface area contributed by atoms with Crippen molar-refractivity contribution in [3.05, 3.63) is 22.4 Å². The van der Waals surface area contributed by atoms with Gasteiger partial charge in [-0.05, 0) is 37.1 Å². The van der Waals surface area contributed by atoms with E-state index in [4.69, 9.17) is 0 Å². The standard InChI is InChI=1S/C13H17NO3S2/c1-13(12(16)17,9-4-5-9)14-11(15)8-18-7-10-3-2-6-19-10/h2-3,6,9H,4-5,7-8H2,1H3,(H,14,15)(H,16,17). The van der Waals surface area contributed by atoms with Crippen LogP contribution in [-0.4, -0.2) is 28.3 Å². The molecule has 1 fully saturated rings. The first-order chi connectivity index (χ1) is 9.02. The van der Waals surface area contributed by atoms with E-state index in [0.29, 0.717) is 5.75 Å². The molecule has 0 bridgehead atoms. The summed E-state index contributed by atoms with van der Waals surface area (Å²) in [5.74, 6) is 0.0346. The van der Waals surface area contributed by atoms with Crippen molar-refractivity contribution in [2.75, 3.05) is 5.75 Å². The molecule has 1 aliphatic rings. The number of amides is 1. The van der Waals surface area contributed by atoms with E-state index in [1.807, 2.05) is 17.5 Å². The average Bonchev–Trinajstić information content (AvgIpc) is 3.08. The molecule has 19 heavy (non-hydrogen) atoms. The third kappa shape index (κ3) is 3.73. The van der Waals surface area contributed by atoms with Crippen LogP contribution in [-0.2, 0) is 15.3 Å². The highest BCUT2D eigenvalue weighted by molar-refractivity contribution is 7.99. The van der Waals surface area contributed by atoms with Gasteiger partial charge in [0.05, 0.1) is 5.75 Å². The van der Waals surface area contributed by atoms with Gasteiger partial charge in [-0.3, -0.25) is 4.79 Å². The summed E-state index contributed by atoms with van der Waals surface area (Å²) in [6, 6.07) is 4.01. The minimum Gasteiger partial charge on any atom is -0.480 e. The monoisotopic (exact) mass is 299 g/mol. The first kappa shape index (κ1) is 14.4. The van der Waals surface area contributed by atoms with Gasteiger partial charge in [0.15, 0.2) is 0 Å². The summed E-state index contributed by atoms with van der Waals surface area (Å²) in [6.07, 6.45) is 1.76. The quantitative estimate of drug-likeness (QED) is 0.811. The third-order valence-corrected chi connectivity index (χ3v) is 5.34. The van der Waals surface area contributed by atoms with Crippen LogP contribution in [0.5, 0.6) is 0 Å². The number of hydrogen-bond donors (Lipinski definition) is 2. The minimum absolute atomic E-state index is 0.0799. The lowest BCUT2D eigenvalue weighted by molar-refractivity contribution is -0.147. The molecule has 4 nitrogen and oxygen atoms in total. The van der Waals surface area contributed by atoms with Gasteiger partial charge in [-0.1, -0.05) is 6.07 Å². The molecule has 0 saturated heterocycles. The molecule has 0 aliphatic heterocycles. The first-order valence-electron chi connectivity index (χ1n) is 6.17. The van der Waals surface area contributed by atoms with Gasteiger partial charge >= 0.3 is 5.97 Å². The number of thiophene rings is 1. The molecule has 1 saturated carbocycles. The topological polar surface area (TPSA) is 66.4 Å². The Morgan fingerprint density at radius 3 is 2.84 bits per heavy atom. The molecule has 1 aromatic heterocycles. The average molecular weight is 299 g/mol. The van der Waals surface area contributed by atoms with Gasteiger partial charge in [-0.15, -0.1) is 23.1 Å². The normalized spacial score (nSPS) is 17.7. The molecular formula is C13H17NO3S2. The maximum Gasteiger partial charge on any atom is 0.329 e. The molecule has 1 atom stereocenters. The fraction of sp³-hybridized carbons (Fsp3) is 0.538. The molecule has 0 radical (unpaired) electrons. The SMILES string of the molecule is CC(NC(=O)CSCc1cccs1)(C(=O)O)C1CC1. The molecule has 2 rings (SSSR count). The maximum atomic E-state index is 11.8. The highest BCUT2D eigenvalue weighted by atomic mass is 32.2. The van der Waals surface area contributed by atoms with E-state index in [1.54, 1.807) is 18.3 Å². The van der Waals surface area contributed by atoms with Crippen molar-refractivity contribution in [2.45, 2.75) is 31.1 Å². The lowest BCUT2D eigenvalue weighted by Gasteiger charge is -2.26. The van der Waals surface area contributed by atoms with Crippen LogP contribution in [0.3, 0.4) is 0 Å². The number of carboxylic acid groups (broad SMARTS) is 1. The smallest absolute Gasteiger partial charge is 0.329 e. The number of carbonyl (C=O) groups is 2. The zero-order chi connectivity index (χ0) is 13.9. The molecule has 0 spiro atoms. The Hall–Kier alpha value is -1.01. The van der Waals surface area contributed by atoms with Crippen LogP contribution in [0.4, 0.5) is 0 Å². The molecule has 104 valence electrons. The van der Waals surface area contributed by atoms with Crippen LogP contribution >= 0.6 is 23.1 Å². The number of nitrogens with one attached hydrogen (secondary N) is 1. The Balaban J connectivity index is 1.78. The third-order valence-electron chi connectivity index (χ3n) is 3.29. The lowest BCUT2D eigenvalue weighted by Crippen LogP contribution is -2.54. The summed E-state index contributed by atoms with van der Waals surface area (Å²) in [7, 11) is 0. The summed E-state index contributed by atoms with van der Waals surface area (Å²) < 4.78 is 0. The fourth-order valence-electron chi connectivity index (χ4n) is 1.96. The summed E-state index contributed by atoms with van der Waals surface area (Å²) >= 11 is 3.17. The van der Waals surface area contributed by atoms with Crippen molar-refractivity contribution >= 4 is 35.0 Å². The fourth-order valence-corrected chi connectivity index (χ4v) is 3.62. The Kier molecular flexibility index (Phi) is 4.52. The van der Waals surface area contributed by atoms with Gasteiger partial charge in [0.1, 0.15) is 5.54 Å². The van der Waals surface area contributed by atoms with Crippen molar-refractivity contribution in [1.82, 2.24) is 5.32 Å². The second-order valence-electron chi connectivity index (χ2n) is 4.90. The number of aliphatic carboxylic acids is 1. The summed E-state index contributed by atoms with van der Waals surface area (Å²) in [5.41, 5.74) is -1.10. The molecule has 0 aromatic carbocycles. The van der Waals surface area contributed by atoms with E-state index in [0.717, 1.165) is 18.6 Å². The van der Waals surface area contributed by atoms with E-state index in [9.17, 15) is 14.7 Å². The van der Waals surface area contributed by atoms with Crippen LogP contribution in [0.15, 0.2) is 17.5 Å². The van der Waals surface area contributed by atoms with E-state index in [2.05, 4.69) is 5.32 Å². The van der Waals surface area contributed by atoms with Crippen LogP contribution in [0.25, 0.3) is 0 Å². The molecule has 1 unspecified atom stereocenters. The first-order valence-corrected chi connectivity index (χ1v) is 8.20. The Labute approximate surface area is 120 Å². The predicted octanol–water partition coefficient (Wildman–Crippen LogP) is 2.35. The summed E-state index contributed by atoms with van der Waals surface area (Å²) in [5, 5.41) is 13.9.